The van der Waals surface area contributed by atoms with Crippen molar-refractivity contribution in [2.75, 3.05) is 4.90 Å². The first kappa shape index (κ1) is 14.4. The van der Waals surface area contributed by atoms with Gasteiger partial charge >= 0.3 is 12.1 Å². The minimum atomic E-state index is -1.12. The van der Waals surface area contributed by atoms with Gasteiger partial charge in [0.2, 0.25) is 0 Å². The molecule has 1 amide bonds. The van der Waals surface area contributed by atoms with Gasteiger partial charge in [-0.15, -0.1) is 11.3 Å². The lowest BCUT2D eigenvalue weighted by Crippen LogP contribution is -2.46. The molecule has 0 aromatic carbocycles. The topological polar surface area (TPSA) is 79.7 Å². The normalized spacial score (nSPS) is 12.9. The molecule has 1 aromatic heterocycles. The lowest BCUT2D eigenvalue weighted by Gasteiger charge is -2.28. The first-order valence-electron chi connectivity index (χ1n) is 5.35. The molecular weight excluding hydrogens is 256 g/mol. The van der Waals surface area contributed by atoms with Gasteiger partial charge in [0.25, 0.3) is 0 Å². The number of carbonyl (C=O) groups excluding carboxylic acids is 1. The van der Waals surface area contributed by atoms with Gasteiger partial charge in [0, 0.05) is 5.38 Å². The molecule has 0 saturated carbocycles. The van der Waals surface area contributed by atoms with E-state index in [9.17, 15) is 9.59 Å². The summed E-state index contributed by atoms with van der Waals surface area (Å²) in [5.74, 6) is -0.835. The maximum Gasteiger partial charge on any atom is 0.416 e. The molecule has 0 spiro atoms. The maximum atomic E-state index is 12.0. The predicted molar refractivity (Wildman–Crippen MR) is 67.9 cm³/mol. The third kappa shape index (κ3) is 3.69. The van der Waals surface area contributed by atoms with E-state index in [1.54, 1.807) is 26.2 Å². The number of nitrogens with zero attached hydrogens (tertiary/aromatic N) is 2. The van der Waals surface area contributed by atoms with Crippen LogP contribution in [0.15, 0.2) is 10.9 Å². The highest BCUT2D eigenvalue weighted by Gasteiger charge is 2.32. The van der Waals surface area contributed by atoms with Crippen molar-refractivity contribution in [1.82, 2.24) is 4.98 Å². The van der Waals surface area contributed by atoms with Gasteiger partial charge in [-0.1, -0.05) is 0 Å². The second-order valence-corrected chi connectivity index (χ2v) is 5.43. The van der Waals surface area contributed by atoms with Crippen LogP contribution in [0.4, 0.5) is 10.6 Å². The van der Waals surface area contributed by atoms with Crippen molar-refractivity contribution < 1.29 is 19.4 Å². The van der Waals surface area contributed by atoms with E-state index in [1.807, 2.05) is 0 Å². The summed E-state index contributed by atoms with van der Waals surface area (Å²) in [5.41, 5.74) is 0.838. The van der Waals surface area contributed by atoms with Crippen LogP contribution in [0, 0.1) is 0 Å². The Morgan fingerprint density at radius 2 is 2.11 bits per heavy atom. The van der Waals surface area contributed by atoms with Crippen LogP contribution in [0.3, 0.4) is 0 Å². The molecule has 0 fully saturated rings. The number of rotatable bonds is 3. The smallest absolute Gasteiger partial charge is 0.416 e. The van der Waals surface area contributed by atoms with E-state index in [2.05, 4.69) is 4.98 Å². The van der Waals surface area contributed by atoms with E-state index in [-0.39, 0.29) is 5.82 Å². The number of aromatic nitrogens is 1. The van der Waals surface area contributed by atoms with Crippen LogP contribution in [-0.2, 0) is 9.53 Å². The molecule has 0 bridgehead atoms. The fraction of sp³-hybridized carbons (Fsp3) is 0.545. The van der Waals surface area contributed by atoms with Gasteiger partial charge in [-0.2, -0.15) is 0 Å². The Morgan fingerprint density at radius 1 is 1.50 bits per heavy atom. The molecular formula is C11H16N2O4S. The quantitative estimate of drug-likeness (QED) is 0.913. The number of carbonyl (C=O) groups is 2. The molecule has 1 rings (SSSR count). The fourth-order valence-corrected chi connectivity index (χ4v) is 1.72. The van der Waals surface area contributed by atoms with Crippen LogP contribution in [-0.4, -0.2) is 33.8 Å². The van der Waals surface area contributed by atoms with Crippen LogP contribution in [0.5, 0.6) is 0 Å². The summed E-state index contributed by atoms with van der Waals surface area (Å²) in [6.07, 6.45) is -0.719. The summed E-state index contributed by atoms with van der Waals surface area (Å²) in [7, 11) is 0. The van der Waals surface area contributed by atoms with Crippen molar-refractivity contribution in [2.24, 2.45) is 0 Å². The molecule has 7 heteroatoms. The third-order valence-electron chi connectivity index (χ3n) is 2.00. The Kier molecular flexibility index (Phi) is 4.28. The van der Waals surface area contributed by atoms with Gasteiger partial charge in [-0.3, -0.25) is 0 Å². The Bertz CT molecular complexity index is 425. The van der Waals surface area contributed by atoms with Crippen molar-refractivity contribution in [1.29, 1.82) is 0 Å². The van der Waals surface area contributed by atoms with E-state index < -0.39 is 23.7 Å². The lowest BCUT2D eigenvalue weighted by atomic mass is 10.2. The highest BCUT2D eigenvalue weighted by atomic mass is 32.1. The van der Waals surface area contributed by atoms with Crippen molar-refractivity contribution in [2.45, 2.75) is 39.3 Å². The Labute approximate surface area is 109 Å². The molecule has 0 saturated heterocycles. The molecule has 0 aliphatic heterocycles. The zero-order valence-corrected chi connectivity index (χ0v) is 11.5. The molecule has 18 heavy (non-hydrogen) atoms. The van der Waals surface area contributed by atoms with Crippen molar-refractivity contribution in [3.05, 3.63) is 10.9 Å². The zero-order valence-electron chi connectivity index (χ0n) is 10.7. The minimum absolute atomic E-state index is 0.282. The third-order valence-corrected chi connectivity index (χ3v) is 2.58. The number of ether oxygens (including phenoxy) is 1. The van der Waals surface area contributed by atoms with Crippen molar-refractivity contribution >= 4 is 29.2 Å². The maximum absolute atomic E-state index is 12.0. The first-order valence-corrected chi connectivity index (χ1v) is 6.30. The number of hydrogen-bond acceptors (Lipinski definition) is 5. The monoisotopic (exact) mass is 272 g/mol. The van der Waals surface area contributed by atoms with Gasteiger partial charge in [0.15, 0.2) is 0 Å². The number of anilines is 1. The summed E-state index contributed by atoms with van der Waals surface area (Å²) in [6.45, 7) is 6.56. The van der Waals surface area contributed by atoms with Gasteiger partial charge < -0.3 is 9.84 Å². The number of carboxylic acid groups (broad SMARTS) is 1. The highest BCUT2D eigenvalue weighted by Crippen LogP contribution is 2.20. The van der Waals surface area contributed by atoms with Gasteiger partial charge in [-0.05, 0) is 27.7 Å². The van der Waals surface area contributed by atoms with Gasteiger partial charge in [0.1, 0.15) is 17.5 Å². The average molecular weight is 272 g/mol. The van der Waals surface area contributed by atoms with E-state index in [0.29, 0.717) is 0 Å². The van der Waals surface area contributed by atoms with Crippen LogP contribution < -0.4 is 4.90 Å². The first-order chi connectivity index (χ1) is 8.22. The molecule has 1 heterocycles. The molecule has 0 radical (unpaired) electrons. The summed E-state index contributed by atoms with van der Waals surface area (Å²) < 4.78 is 5.18. The van der Waals surface area contributed by atoms with E-state index in [1.165, 1.54) is 23.8 Å². The SMILES string of the molecule is C[C@@H](C(=O)O)N(C(=O)OC(C)(C)C)c1cscn1. The molecule has 0 aliphatic carbocycles. The minimum Gasteiger partial charge on any atom is -0.480 e. The van der Waals surface area contributed by atoms with Crippen molar-refractivity contribution in [3.8, 4) is 0 Å². The van der Waals surface area contributed by atoms with Gasteiger partial charge in [-0.25, -0.2) is 19.5 Å². The largest absolute Gasteiger partial charge is 0.480 e. The summed E-state index contributed by atoms with van der Waals surface area (Å²) in [6, 6.07) is -1.04. The molecule has 6 nitrogen and oxygen atoms in total. The van der Waals surface area contributed by atoms with E-state index in [4.69, 9.17) is 9.84 Å². The summed E-state index contributed by atoms with van der Waals surface area (Å²) in [5, 5.41) is 10.6. The van der Waals surface area contributed by atoms with Crippen molar-refractivity contribution in [3.63, 3.8) is 0 Å². The van der Waals surface area contributed by atoms with Crippen LogP contribution in [0.2, 0.25) is 0 Å². The Morgan fingerprint density at radius 3 is 2.50 bits per heavy atom. The van der Waals surface area contributed by atoms with Crippen LogP contribution in [0.1, 0.15) is 27.7 Å². The molecule has 1 N–H and O–H groups in total. The molecule has 0 aliphatic rings. The van der Waals surface area contributed by atoms with Crippen LogP contribution >= 0.6 is 11.3 Å². The molecule has 1 atom stereocenters. The predicted octanol–water partition coefficient (Wildman–Crippen LogP) is 2.36. The van der Waals surface area contributed by atoms with Crippen LogP contribution in [0.25, 0.3) is 0 Å². The van der Waals surface area contributed by atoms with E-state index >= 15 is 0 Å². The number of aliphatic carboxylic acids is 1. The molecule has 0 unspecified atom stereocenters. The van der Waals surface area contributed by atoms with E-state index in [0.717, 1.165) is 4.90 Å². The molecule has 1 aromatic rings. The number of hydrogen-bond donors (Lipinski definition) is 1. The Hall–Kier alpha value is -1.63. The number of amides is 1. The molecule has 100 valence electrons. The average Bonchev–Trinajstić information content (AvgIpc) is 2.67. The number of thiazole rings is 1. The second-order valence-electron chi connectivity index (χ2n) is 4.71. The highest BCUT2D eigenvalue weighted by molar-refractivity contribution is 7.07. The second kappa shape index (κ2) is 5.34. The Balaban J connectivity index is 2.99. The summed E-state index contributed by atoms with van der Waals surface area (Å²) in [4.78, 5) is 28.0. The summed E-state index contributed by atoms with van der Waals surface area (Å²) >= 11 is 1.28. The number of carboxylic acids is 1. The fourth-order valence-electron chi connectivity index (χ4n) is 1.20. The zero-order chi connectivity index (χ0) is 13.9. The lowest BCUT2D eigenvalue weighted by molar-refractivity contribution is -0.138. The van der Waals surface area contributed by atoms with Gasteiger partial charge in [0.05, 0.1) is 5.51 Å². The standard InChI is InChI=1S/C11H16N2O4S/c1-7(9(14)15)13(8-5-18-6-12-8)10(16)17-11(2,3)4/h5-7H,1-4H3,(H,14,15)/t7-/m0/s1.